The maximum atomic E-state index is 4.18. The van der Waals surface area contributed by atoms with Gasteiger partial charge in [0.15, 0.2) is 0 Å². The van der Waals surface area contributed by atoms with E-state index in [9.17, 15) is 0 Å². The minimum Gasteiger partial charge on any atom is -0.0990 e. The lowest BCUT2D eigenvalue weighted by molar-refractivity contribution is 1.39. The van der Waals surface area contributed by atoms with Gasteiger partial charge < -0.3 is 0 Å². The highest BCUT2D eigenvalue weighted by molar-refractivity contribution is 6.07. The third-order valence-electron chi connectivity index (χ3n) is 3.94. The summed E-state index contributed by atoms with van der Waals surface area (Å²) in [5, 5.41) is 0. The van der Waals surface area contributed by atoms with E-state index in [0.717, 1.165) is 33.4 Å². The minimum atomic E-state index is 0.979. The standard InChI is InChI=1S/C23H22/c1-7-13-17(8-2)22(16(5)6)23-19(10-4)18(9-3)20-14-11-12-15-21(20)23/h7-15H,1-5H2,6H3/b17-13+,23-22+. The van der Waals surface area contributed by atoms with Gasteiger partial charge in [-0.2, -0.15) is 0 Å². The fourth-order valence-corrected chi connectivity index (χ4v) is 3.05. The number of benzene rings is 1. The van der Waals surface area contributed by atoms with Gasteiger partial charge in [0.05, 0.1) is 0 Å². The van der Waals surface area contributed by atoms with Crippen molar-refractivity contribution in [2.75, 3.05) is 0 Å². The van der Waals surface area contributed by atoms with E-state index >= 15 is 0 Å². The van der Waals surface area contributed by atoms with Gasteiger partial charge in [0.2, 0.25) is 0 Å². The molecule has 0 nitrogen and oxygen atoms in total. The van der Waals surface area contributed by atoms with Crippen molar-refractivity contribution >= 4 is 11.1 Å². The van der Waals surface area contributed by atoms with Crippen LogP contribution >= 0.6 is 0 Å². The van der Waals surface area contributed by atoms with Gasteiger partial charge >= 0.3 is 0 Å². The van der Waals surface area contributed by atoms with E-state index in [2.05, 4.69) is 45.0 Å². The second-order valence-corrected chi connectivity index (χ2v) is 5.37. The molecule has 0 saturated heterocycles. The molecule has 0 aliphatic heterocycles. The van der Waals surface area contributed by atoms with Gasteiger partial charge in [-0.1, -0.05) is 87.5 Å². The van der Waals surface area contributed by atoms with Gasteiger partial charge in [0, 0.05) is 0 Å². The largest absolute Gasteiger partial charge is 0.0990 e. The fraction of sp³-hybridized carbons (Fsp3) is 0.0435. The first-order chi connectivity index (χ1) is 11.1. The Hall–Kier alpha value is -2.86. The van der Waals surface area contributed by atoms with Crippen molar-refractivity contribution in [1.29, 1.82) is 0 Å². The molecule has 0 unspecified atom stereocenters. The first-order valence-corrected chi connectivity index (χ1v) is 7.55. The van der Waals surface area contributed by atoms with E-state index < -0.39 is 0 Å². The molecule has 0 amide bonds. The van der Waals surface area contributed by atoms with Crippen molar-refractivity contribution < 1.29 is 0 Å². The van der Waals surface area contributed by atoms with E-state index in [0.29, 0.717) is 0 Å². The summed E-state index contributed by atoms with van der Waals surface area (Å²) in [5.74, 6) is 0. The maximum absolute atomic E-state index is 4.18. The summed E-state index contributed by atoms with van der Waals surface area (Å²) in [6, 6.07) is 8.33. The summed E-state index contributed by atoms with van der Waals surface area (Å²) >= 11 is 0. The quantitative estimate of drug-likeness (QED) is 0.529. The first kappa shape index (κ1) is 16.5. The summed E-state index contributed by atoms with van der Waals surface area (Å²) in [4.78, 5) is 0. The number of allylic oxidation sites excluding steroid dienone is 11. The molecule has 0 bridgehead atoms. The van der Waals surface area contributed by atoms with Crippen LogP contribution in [-0.4, -0.2) is 0 Å². The predicted molar refractivity (Wildman–Crippen MR) is 104 cm³/mol. The molecule has 1 aliphatic rings. The molecular weight excluding hydrogens is 276 g/mol. The Morgan fingerprint density at radius 3 is 2.00 bits per heavy atom. The third kappa shape index (κ3) is 2.76. The van der Waals surface area contributed by atoms with Gasteiger partial charge in [0.25, 0.3) is 0 Å². The van der Waals surface area contributed by atoms with Gasteiger partial charge in [0.1, 0.15) is 0 Å². The average molecular weight is 298 g/mol. The van der Waals surface area contributed by atoms with Gasteiger partial charge in [-0.25, -0.2) is 0 Å². The second-order valence-electron chi connectivity index (χ2n) is 5.37. The van der Waals surface area contributed by atoms with Crippen LogP contribution in [0.15, 0.2) is 110 Å². The lowest BCUT2D eigenvalue weighted by atomic mass is 9.88. The molecular formula is C23H22. The topological polar surface area (TPSA) is 0 Å². The zero-order chi connectivity index (χ0) is 17.0. The van der Waals surface area contributed by atoms with Gasteiger partial charge in [-0.05, 0) is 51.5 Å². The number of hydrogen-bond acceptors (Lipinski definition) is 0. The molecule has 0 saturated carbocycles. The summed E-state index contributed by atoms with van der Waals surface area (Å²) in [5.41, 5.74) is 8.71. The molecule has 1 aromatic rings. The second kappa shape index (κ2) is 6.93. The maximum Gasteiger partial charge on any atom is -0.00181 e. The van der Waals surface area contributed by atoms with Crippen LogP contribution in [0.2, 0.25) is 0 Å². The van der Waals surface area contributed by atoms with Crippen LogP contribution in [0.25, 0.3) is 11.1 Å². The molecule has 0 N–H and O–H groups in total. The summed E-state index contributed by atoms with van der Waals surface area (Å²) < 4.78 is 0. The monoisotopic (exact) mass is 298 g/mol. The zero-order valence-corrected chi connectivity index (χ0v) is 13.7. The normalized spacial score (nSPS) is 15.8. The van der Waals surface area contributed by atoms with Crippen molar-refractivity contribution in [1.82, 2.24) is 0 Å². The molecule has 114 valence electrons. The van der Waals surface area contributed by atoms with E-state index in [1.54, 1.807) is 6.08 Å². The molecule has 0 fully saturated rings. The molecule has 0 spiro atoms. The van der Waals surface area contributed by atoms with Crippen LogP contribution in [0.4, 0.5) is 0 Å². The highest BCUT2D eigenvalue weighted by Crippen LogP contribution is 2.46. The minimum absolute atomic E-state index is 0.979. The third-order valence-corrected chi connectivity index (χ3v) is 3.94. The molecule has 0 atom stereocenters. The van der Waals surface area contributed by atoms with Crippen molar-refractivity contribution in [2.24, 2.45) is 0 Å². The molecule has 2 rings (SSSR count). The van der Waals surface area contributed by atoms with Crippen LogP contribution < -0.4 is 0 Å². The lowest BCUT2D eigenvalue weighted by Gasteiger charge is -2.15. The molecule has 0 heterocycles. The lowest BCUT2D eigenvalue weighted by Crippen LogP contribution is -1.96. The van der Waals surface area contributed by atoms with E-state index in [1.165, 1.54) is 11.1 Å². The smallest absolute Gasteiger partial charge is 0.00181 e. The zero-order valence-electron chi connectivity index (χ0n) is 13.7. The van der Waals surface area contributed by atoms with E-state index in [-0.39, 0.29) is 0 Å². The van der Waals surface area contributed by atoms with Crippen molar-refractivity contribution in [3.05, 3.63) is 121 Å². The first-order valence-electron chi connectivity index (χ1n) is 7.55. The Kier molecular flexibility index (Phi) is 4.98. The van der Waals surface area contributed by atoms with Crippen molar-refractivity contribution in [3.63, 3.8) is 0 Å². The van der Waals surface area contributed by atoms with Gasteiger partial charge in [-0.3, -0.25) is 0 Å². The molecule has 1 aromatic carbocycles. The Labute approximate surface area is 139 Å². The van der Waals surface area contributed by atoms with Crippen molar-refractivity contribution in [2.45, 2.75) is 6.92 Å². The summed E-state index contributed by atoms with van der Waals surface area (Å²) in [6.45, 7) is 21.9. The number of fused-ring (bicyclic) bond motifs is 1. The summed E-state index contributed by atoms with van der Waals surface area (Å²) in [7, 11) is 0. The van der Waals surface area contributed by atoms with Crippen LogP contribution in [0.5, 0.6) is 0 Å². The molecule has 0 radical (unpaired) electrons. The van der Waals surface area contributed by atoms with Gasteiger partial charge in [-0.15, -0.1) is 0 Å². The molecule has 1 aliphatic carbocycles. The SMILES string of the molecule is C=C/C=C(C=C)/C(C(=C)C)=C1\C(C=C)=C(C=C)c2ccccc21. The molecule has 0 aromatic heterocycles. The fourth-order valence-electron chi connectivity index (χ4n) is 3.05. The average Bonchev–Trinajstić information content (AvgIpc) is 2.87. The van der Waals surface area contributed by atoms with Crippen LogP contribution in [0, 0.1) is 0 Å². The van der Waals surface area contributed by atoms with E-state index in [4.69, 9.17) is 0 Å². The van der Waals surface area contributed by atoms with Crippen LogP contribution in [0.3, 0.4) is 0 Å². The number of hydrogen-bond donors (Lipinski definition) is 0. The Balaban J connectivity index is 2.98. The predicted octanol–water partition coefficient (Wildman–Crippen LogP) is 6.45. The van der Waals surface area contributed by atoms with E-state index in [1.807, 2.05) is 43.4 Å². The van der Waals surface area contributed by atoms with Crippen LogP contribution in [0.1, 0.15) is 18.1 Å². The highest BCUT2D eigenvalue weighted by Gasteiger charge is 2.26. The Morgan fingerprint density at radius 2 is 1.52 bits per heavy atom. The number of rotatable bonds is 6. The van der Waals surface area contributed by atoms with Crippen molar-refractivity contribution in [3.8, 4) is 0 Å². The Morgan fingerprint density at radius 1 is 0.913 bits per heavy atom. The van der Waals surface area contributed by atoms with Crippen LogP contribution in [-0.2, 0) is 0 Å². The Bertz CT molecular complexity index is 804. The molecule has 0 heteroatoms. The molecule has 23 heavy (non-hydrogen) atoms. The highest BCUT2D eigenvalue weighted by atomic mass is 14.3. The summed E-state index contributed by atoms with van der Waals surface area (Å²) in [6.07, 6.45) is 9.35.